The molecule has 120 valence electrons. The zero-order chi connectivity index (χ0) is 15.2. The SMILES string of the molecule is CN1CCC(C(=O)N2CCC(CCO[N+](=O)[O-])CC2)CC1. The second-order valence-electron chi connectivity index (χ2n) is 6.19. The number of carbonyl (C=O) groups is 1. The van der Waals surface area contributed by atoms with E-state index in [0.717, 1.165) is 51.9 Å². The molecular formula is C14H25N3O4. The first-order chi connectivity index (χ1) is 10.1. The molecule has 2 aliphatic rings. The second kappa shape index (κ2) is 7.59. The average Bonchev–Trinajstić information content (AvgIpc) is 2.48. The first kappa shape index (κ1) is 16.0. The predicted octanol–water partition coefficient (Wildman–Crippen LogP) is 1.17. The quantitative estimate of drug-likeness (QED) is 0.562. The summed E-state index contributed by atoms with van der Waals surface area (Å²) in [5.74, 6) is 0.935. The van der Waals surface area contributed by atoms with Gasteiger partial charge in [-0.3, -0.25) is 4.79 Å². The van der Waals surface area contributed by atoms with Crippen molar-refractivity contribution in [2.75, 3.05) is 39.8 Å². The van der Waals surface area contributed by atoms with E-state index in [9.17, 15) is 14.9 Å². The summed E-state index contributed by atoms with van der Waals surface area (Å²) in [7, 11) is 2.10. The van der Waals surface area contributed by atoms with Gasteiger partial charge in [0.1, 0.15) is 0 Å². The minimum atomic E-state index is -0.737. The number of hydrogen-bond donors (Lipinski definition) is 0. The highest BCUT2D eigenvalue weighted by molar-refractivity contribution is 5.79. The third kappa shape index (κ3) is 4.84. The van der Waals surface area contributed by atoms with Crippen LogP contribution in [-0.4, -0.2) is 60.6 Å². The van der Waals surface area contributed by atoms with Crippen molar-refractivity contribution in [2.24, 2.45) is 11.8 Å². The summed E-state index contributed by atoms with van der Waals surface area (Å²) in [6.07, 6.45) is 4.49. The minimum Gasteiger partial charge on any atom is -0.342 e. The summed E-state index contributed by atoms with van der Waals surface area (Å²) in [5, 5.41) is 9.37. The van der Waals surface area contributed by atoms with Gasteiger partial charge in [-0.15, -0.1) is 10.1 Å². The van der Waals surface area contributed by atoms with E-state index in [-0.39, 0.29) is 12.5 Å². The van der Waals surface area contributed by atoms with Crippen molar-refractivity contribution in [2.45, 2.75) is 32.1 Å². The molecule has 0 aliphatic carbocycles. The molecule has 21 heavy (non-hydrogen) atoms. The normalized spacial score (nSPS) is 22.2. The van der Waals surface area contributed by atoms with Crippen LogP contribution in [0.15, 0.2) is 0 Å². The number of carbonyl (C=O) groups excluding carboxylic acids is 1. The summed E-state index contributed by atoms with van der Waals surface area (Å²) < 4.78 is 0. The first-order valence-corrected chi connectivity index (χ1v) is 7.81. The molecule has 0 spiro atoms. The molecule has 0 unspecified atom stereocenters. The van der Waals surface area contributed by atoms with Crippen LogP contribution >= 0.6 is 0 Å². The zero-order valence-corrected chi connectivity index (χ0v) is 12.7. The van der Waals surface area contributed by atoms with Crippen LogP contribution in [0, 0.1) is 22.0 Å². The largest absolute Gasteiger partial charge is 0.342 e. The topological polar surface area (TPSA) is 75.9 Å². The summed E-state index contributed by atoms with van der Waals surface area (Å²) in [6, 6.07) is 0. The summed E-state index contributed by atoms with van der Waals surface area (Å²) >= 11 is 0. The van der Waals surface area contributed by atoms with Crippen LogP contribution in [0.4, 0.5) is 0 Å². The molecule has 7 heteroatoms. The molecule has 1 amide bonds. The molecule has 0 N–H and O–H groups in total. The highest BCUT2D eigenvalue weighted by atomic mass is 16.9. The van der Waals surface area contributed by atoms with E-state index >= 15 is 0 Å². The van der Waals surface area contributed by atoms with Crippen molar-refractivity contribution < 1.29 is 14.7 Å². The van der Waals surface area contributed by atoms with Crippen molar-refractivity contribution in [3.8, 4) is 0 Å². The Morgan fingerprint density at radius 1 is 1.19 bits per heavy atom. The highest BCUT2D eigenvalue weighted by Gasteiger charge is 2.30. The summed E-state index contributed by atoms with van der Waals surface area (Å²) in [6.45, 7) is 3.75. The van der Waals surface area contributed by atoms with Crippen LogP contribution in [0.3, 0.4) is 0 Å². The van der Waals surface area contributed by atoms with Crippen LogP contribution in [0.25, 0.3) is 0 Å². The fourth-order valence-corrected chi connectivity index (χ4v) is 3.25. The van der Waals surface area contributed by atoms with Gasteiger partial charge < -0.3 is 14.6 Å². The highest BCUT2D eigenvalue weighted by Crippen LogP contribution is 2.24. The van der Waals surface area contributed by atoms with Crippen molar-refractivity contribution >= 4 is 5.91 Å². The number of rotatable bonds is 5. The lowest BCUT2D eigenvalue weighted by atomic mass is 9.91. The molecule has 0 saturated carbocycles. The fourth-order valence-electron chi connectivity index (χ4n) is 3.25. The zero-order valence-electron chi connectivity index (χ0n) is 12.7. The first-order valence-electron chi connectivity index (χ1n) is 7.81. The van der Waals surface area contributed by atoms with E-state index in [1.54, 1.807) is 0 Å². The van der Waals surface area contributed by atoms with Gasteiger partial charge in [-0.25, -0.2) is 0 Å². The Kier molecular flexibility index (Phi) is 5.78. The number of hydrogen-bond acceptors (Lipinski definition) is 5. The number of likely N-dealkylation sites (tertiary alicyclic amines) is 2. The van der Waals surface area contributed by atoms with Gasteiger partial charge in [0.05, 0.1) is 6.61 Å². The van der Waals surface area contributed by atoms with Crippen molar-refractivity contribution in [3.63, 3.8) is 0 Å². The van der Waals surface area contributed by atoms with Gasteiger partial charge in [0, 0.05) is 19.0 Å². The number of nitrogens with zero attached hydrogens (tertiary/aromatic N) is 3. The molecule has 0 aromatic rings. The monoisotopic (exact) mass is 299 g/mol. The Labute approximate surface area is 125 Å². The molecule has 2 heterocycles. The molecule has 2 rings (SSSR count). The van der Waals surface area contributed by atoms with Gasteiger partial charge >= 0.3 is 0 Å². The van der Waals surface area contributed by atoms with E-state index in [4.69, 9.17) is 0 Å². The fraction of sp³-hybridized carbons (Fsp3) is 0.929. The lowest BCUT2D eigenvalue weighted by Crippen LogP contribution is -2.45. The Bertz CT molecular complexity index is 361. The molecular weight excluding hydrogens is 274 g/mol. The standard InChI is InChI=1S/C14H25N3O4/c1-15-7-4-13(5-8-15)14(18)16-9-2-12(3-10-16)6-11-21-17(19)20/h12-13H,2-11H2,1H3. The van der Waals surface area contributed by atoms with Crippen LogP contribution < -0.4 is 0 Å². The van der Waals surface area contributed by atoms with Crippen LogP contribution in [-0.2, 0) is 9.63 Å². The summed E-state index contributed by atoms with van der Waals surface area (Å²) in [5.41, 5.74) is 0. The van der Waals surface area contributed by atoms with Crippen molar-refractivity contribution in [3.05, 3.63) is 10.1 Å². The number of piperidine rings is 2. The number of amides is 1. The Balaban J connectivity index is 1.68. The third-order valence-electron chi connectivity index (χ3n) is 4.72. The van der Waals surface area contributed by atoms with Gasteiger partial charge in [0.2, 0.25) is 5.91 Å². The predicted molar refractivity (Wildman–Crippen MR) is 77.1 cm³/mol. The molecule has 0 bridgehead atoms. The third-order valence-corrected chi connectivity index (χ3v) is 4.72. The Morgan fingerprint density at radius 3 is 2.38 bits per heavy atom. The molecule has 0 atom stereocenters. The maximum Gasteiger partial charge on any atom is 0.294 e. The van der Waals surface area contributed by atoms with Crippen molar-refractivity contribution in [1.29, 1.82) is 0 Å². The van der Waals surface area contributed by atoms with E-state index < -0.39 is 5.09 Å². The summed E-state index contributed by atoms with van der Waals surface area (Å²) in [4.78, 5) is 31.2. The molecule has 7 nitrogen and oxygen atoms in total. The van der Waals surface area contributed by atoms with Crippen molar-refractivity contribution in [1.82, 2.24) is 9.80 Å². The van der Waals surface area contributed by atoms with Crippen LogP contribution in [0.2, 0.25) is 0 Å². The maximum atomic E-state index is 12.5. The average molecular weight is 299 g/mol. The lowest BCUT2D eigenvalue weighted by Gasteiger charge is -2.36. The molecule has 0 aromatic heterocycles. The van der Waals surface area contributed by atoms with Gasteiger partial charge in [0.15, 0.2) is 0 Å². The smallest absolute Gasteiger partial charge is 0.294 e. The van der Waals surface area contributed by atoms with E-state index in [0.29, 0.717) is 18.2 Å². The molecule has 0 radical (unpaired) electrons. The van der Waals surface area contributed by atoms with E-state index in [1.807, 2.05) is 4.90 Å². The van der Waals surface area contributed by atoms with Crippen LogP contribution in [0.1, 0.15) is 32.1 Å². The Morgan fingerprint density at radius 2 is 1.81 bits per heavy atom. The second-order valence-corrected chi connectivity index (χ2v) is 6.19. The van der Waals surface area contributed by atoms with Gasteiger partial charge in [-0.2, -0.15) is 0 Å². The lowest BCUT2D eigenvalue weighted by molar-refractivity contribution is -0.758. The molecule has 2 fully saturated rings. The van der Waals surface area contributed by atoms with E-state index in [1.165, 1.54) is 0 Å². The van der Waals surface area contributed by atoms with Gasteiger partial charge in [-0.05, 0) is 58.2 Å². The van der Waals surface area contributed by atoms with Gasteiger partial charge in [0.25, 0.3) is 5.09 Å². The molecule has 2 saturated heterocycles. The maximum absolute atomic E-state index is 12.5. The van der Waals surface area contributed by atoms with Gasteiger partial charge in [-0.1, -0.05) is 0 Å². The van der Waals surface area contributed by atoms with Crippen LogP contribution in [0.5, 0.6) is 0 Å². The van der Waals surface area contributed by atoms with E-state index in [2.05, 4.69) is 16.8 Å². The molecule has 0 aromatic carbocycles. The minimum absolute atomic E-state index is 0.167. The molecule has 2 aliphatic heterocycles. The Hall–Kier alpha value is -1.37.